The molecule has 1 atom stereocenters. The predicted molar refractivity (Wildman–Crippen MR) is 132 cm³/mol. The van der Waals surface area contributed by atoms with Crippen LogP contribution < -0.4 is 0 Å². The first-order valence-electron chi connectivity index (χ1n) is 10.9. The van der Waals surface area contributed by atoms with E-state index in [2.05, 4.69) is 126 Å². The zero-order valence-corrected chi connectivity index (χ0v) is 17.3. The smallest absolute Gasteiger partial charge is 0.0541 e. The molecule has 1 unspecified atom stereocenters. The molecule has 1 aliphatic carbocycles. The molecule has 1 heterocycles. The Kier molecular flexibility index (Phi) is 4.32. The van der Waals surface area contributed by atoms with Crippen LogP contribution in [0.25, 0.3) is 33.1 Å². The van der Waals surface area contributed by atoms with Gasteiger partial charge in [-0.1, -0.05) is 97.1 Å². The maximum atomic E-state index is 2.37. The first-order valence-corrected chi connectivity index (χ1v) is 10.9. The van der Waals surface area contributed by atoms with Crippen LogP contribution in [0.2, 0.25) is 0 Å². The van der Waals surface area contributed by atoms with Crippen LogP contribution in [0.3, 0.4) is 0 Å². The largest absolute Gasteiger partial charge is 0.309 e. The normalized spacial score (nSPS) is 16.0. The summed E-state index contributed by atoms with van der Waals surface area (Å²) in [4.78, 5) is 0. The van der Waals surface area contributed by atoms with E-state index in [9.17, 15) is 0 Å². The van der Waals surface area contributed by atoms with Gasteiger partial charge in [-0.3, -0.25) is 0 Å². The van der Waals surface area contributed by atoms with Crippen LogP contribution in [0.1, 0.15) is 23.5 Å². The quantitative estimate of drug-likeness (QED) is 0.291. The highest BCUT2D eigenvalue weighted by Gasteiger charge is 2.15. The van der Waals surface area contributed by atoms with Gasteiger partial charge >= 0.3 is 0 Å². The number of fused-ring (bicyclic) bond motifs is 3. The third kappa shape index (κ3) is 3.10. The second-order valence-corrected chi connectivity index (χ2v) is 8.21. The lowest BCUT2D eigenvalue weighted by Crippen LogP contribution is -2.01. The summed E-state index contributed by atoms with van der Waals surface area (Å²) in [5, 5.41) is 2.60. The van der Waals surface area contributed by atoms with Gasteiger partial charge in [0.25, 0.3) is 0 Å². The lowest BCUT2D eigenvalue weighted by molar-refractivity contribution is 0.867. The van der Waals surface area contributed by atoms with Crippen molar-refractivity contribution in [3.8, 4) is 5.69 Å². The van der Waals surface area contributed by atoms with E-state index in [0.717, 1.165) is 6.42 Å². The Morgan fingerprint density at radius 3 is 1.90 bits per heavy atom. The fourth-order valence-corrected chi connectivity index (χ4v) is 4.85. The summed E-state index contributed by atoms with van der Waals surface area (Å²) in [5.41, 5.74) is 7.78. The molecule has 0 N–H and O–H groups in total. The van der Waals surface area contributed by atoms with Crippen molar-refractivity contribution in [1.82, 2.24) is 4.57 Å². The molecule has 0 spiro atoms. The highest BCUT2D eigenvalue weighted by Crippen LogP contribution is 2.35. The topological polar surface area (TPSA) is 4.93 Å². The van der Waals surface area contributed by atoms with Crippen molar-refractivity contribution in [2.24, 2.45) is 0 Å². The van der Waals surface area contributed by atoms with Gasteiger partial charge in [-0.15, -0.1) is 0 Å². The Morgan fingerprint density at radius 1 is 0.613 bits per heavy atom. The van der Waals surface area contributed by atoms with Gasteiger partial charge in [-0.05, 0) is 47.4 Å². The minimum Gasteiger partial charge on any atom is -0.309 e. The molecular weight excluding hydrogens is 374 g/mol. The van der Waals surface area contributed by atoms with Crippen LogP contribution in [0.15, 0.2) is 121 Å². The third-order valence-corrected chi connectivity index (χ3v) is 6.38. The molecule has 0 fully saturated rings. The summed E-state index contributed by atoms with van der Waals surface area (Å²) in [6, 6.07) is 37.2. The number of hydrogen-bond donors (Lipinski definition) is 0. The molecule has 0 aliphatic heterocycles. The Bertz CT molecular complexity index is 1380. The van der Waals surface area contributed by atoms with E-state index in [4.69, 9.17) is 0 Å². The van der Waals surface area contributed by atoms with E-state index in [1.165, 1.54) is 44.2 Å². The van der Waals surface area contributed by atoms with Crippen molar-refractivity contribution < 1.29 is 0 Å². The molecule has 0 saturated heterocycles. The number of allylic oxidation sites excluding steroid dienone is 4. The maximum Gasteiger partial charge on any atom is 0.0541 e. The van der Waals surface area contributed by atoms with Crippen molar-refractivity contribution in [1.29, 1.82) is 0 Å². The monoisotopic (exact) mass is 397 g/mol. The number of benzene rings is 4. The number of hydrogen-bond acceptors (Lipinski definition) is 0. The minimum absolute atomic E-state index is 0.443. The number of nitrogens with zero attached hydrogens (tertiary/aromatic N) is 1. The second kappa shape index (κ2) is 7.45. The fourth-order valence-electron chi connectivity index (χ4n) is 4.85. The van der Waals surface area contributed by atoms with E-state index < -0.39 is 0 Å². The first-order chi connectivity index (χ1) is 15.4. The molecular formula is C30H23N. The number of rotatable bonds is 3. The van der Waals surface area contributed by atoms with Gasteiger partial charge in [0, 0.05) is 22.4 Å². The van der Waals surface area contributed by atoms with Crippen LogP contribution in [-0.4, -0.2) is 4.57 Å². The Balaban J connectivity index is 1.38. The molecule has 0 amide bonds. The molecule has 0 radical (unpaired) electrons. The molecule has 6 rings (SSSR count). The van der Waals surface area contributed by atoms with E-state index in [-0.39, 0.29) is 0 Å². The molecule has 1 heteroatoms. The van der Waals surface area contributed by atoms with Crippen molar-refractivity contribution in [2.45, 2.75) is 12.3 Å². The first kappa shape index (κ1) is 18.0. The van der Waals surface area contributed by atoms with E-state index in [1.807, 2.05) is 0 Å². The molecule has 31 heavy (non-hydrogen) atoms. The van der Waals surface area contributed by atoms with Crippen LogP contribution in [0.5, 0.6) is 0 Å². The van der Waals surface area contributed by atoms with Gasteiger partial charge in [0.1, 0.15) is 0 Å². The molecule has 1 aliphatic rings. The van der Waals surface area contributed by atoms with Crippen LogP contribution >= 0.6 is 0 Å². The molecule has 1 aromatic heterocycles. The minimum atomic E-state index is 0.443. The number of aromatic nitrogens is 1. The van der Waals surface area contributed by atoms with Gasteiger partial charge in [-0.2, -0.15) is 0 Å². The predicted octanol–water partition coefficient (Wildman–Crippen LogP) is 7.91. The van der Waals surface area contributed by atoms with Crippen molar-refractivity contribution in [2.75, 3.05) is 0 Å². The van der Waals surface area contributed by atoms with Gasteiger partial charge < -0.3 is 4.57 Å². The fraction of sp³-hybridized carbons (Fsp3) is 0.0667. The van der Waals surface area contributed by atoms with Crippen molar-refractivity contribution in [3.05, 3.63) is 132 Å². The molecule has 148 valence electrons. The number of para-hydroxylation sites is 2. The highest BCUT2D eigenvalue weighted by atomic mass is 15.0. The summed E-state index contributed by atoms with van der Waals surface area (Å²) in [6.45, 7) is 0. The van der Waals surface area contributed by atoms with Gasteiger partial charge in [-0.25, -0.2) is 0 Å². The summed E-state index contributed by atoms with van der Waals surface area (Å²) < 4.78 is 2.37. The van der Waals surface area contributed by atoms with Crippen LogP contribution in [0.4, 0.5) is 0 Å². The average molecular weight is 398 g/mol. The maximum absolute atomic E-state index is 2.37. The molecule has 4 aromatic carbocycles. The summed E-state index contributed by atoms with van der Waals surface area (Å²) >= 11 is 0. The summed E-state index contributed by atoms with van der Waals surface area (Å²) in [5.74, 6) is 0.443. The second-order valence-electron chi connectivity index (χ2n) is 8.21. The third-order valence-electron chi connectivity index (χ3n) is 6.38. The van der Waals surface area contributed by atoms with E-state index in [0.29, 0.717) is 5.92 Å². The van der Waals surface area contributed by atoms with Crippen LogP contribution in [0, 0.1) is 0 Å². The van der Waals surface area contributed by atoms with Crippen LogP contribution in [-0.2, 0) is 0 Å². The highest BCUT2D eigenvalue weighted by molar-refractivity contribution is 6.09. The molecule has 0 saturated carbocycles. The zero-order valence-electron chi connectivity index (χ0n) is 17.3. The lowest BCUT2D eigenvalue weighted by atomic mass is 9.85. The Morgan fingerprint density at radius 2 is 1.23 bits per heavy atom. The van der Waals surface area contributed by atoms with E-state index in [1.54, 1.807) is 0 Å². The zero-order chi connectivity index (χ0) is 20.6. The van der Waals surface area contributed by atoms with Gasteiger partial charge in [0.05, 0.1) is 11.0 Å². The summed E-state index contributed by atoms with van der Waals surface area (Å²) in [7, 11) is 0. The summed E-state index contributed by atoms with van der Waals surface area (Å²) in [6.07, 6.45) is 7.81. The van der Waals surface area contributed by atoms with Crippen molar-refractivity contribution in [3.63, 3.8) is 0 Å². The Hall–Kier alpha value is -3.84. The average Bonchev–Trinajstić information content (AvgIpc) is 3.19. The lowest BCUT2D eigenvalue weighted by Gasteiger charge is -2.19. The molecule has 0 bridgehead atoms. The van der Waals surface area contributed by atoms with Gasteiger partial charge in [0.2, 0.25) is 0 Å². The molecule has 1 nitrogen and oxygen atoms in total. The van der Waals surface area contributed by atoms with Crippen molar-refractivity contribution >= 4 is 27.4 Å². The SMILES string of the molecule is C1=CC(c2ccccc2)CC(c2ccc(-n3c4ccccc4c4ccccc43)cc2)=C1. The van der Waals surface area contributed by atoms with Gasteiger partial charge in [0.15, 0.2) is 0 Å². The van der Waals surface area contributed by atoms with E-state index >= 15 is 0 Å². The standard InChI is InChI=1S/C30H23N/c1-2-9-22(10-3-1)24-11-8-12-25(21-24)23-17-19-26(20-18-23)31-29-15-6-4-13-27(29)28-14-5-7-16-30(28)31/h1-20,24H,21H2. The Labute approximate surface area is 182 Å². The molecule has 5 aromatic rings.